The molecule has 1 atom stereocenters. The van der Waals surface area contributed by atoms with E-state index in [1.54, 1.807) is 0 Å². The van der Waals surface area contributed by atoms with Crippen molar-refractivity contribution >= 4 is 5.78 Å². The van der Waals surface area contributed by atoms with Crippen LogP contribution in [0, 0.1) is 5.92 Å². The second-order valence-electron chi connectivity index (χ2n) is 5.32. The van der Waals surface area contributed by atoms with Crippen LogP contribution in [-0.2, 0) is 0 Å². The van der Waals surface area contributed by atoms with Crippen LogP contribution in [0.5, 0.6) is 0 Å². The van der Waals surface area contributed by atoms with Crippen molar-refractivity contribution in [1.82, 2.24) is 4.90 Å². The molecule has 2 rings (SSSR count). The summed E-state index contributed by atoms with van der Waals surface area (Å²) < 4.78 is 0. The van der Waals surface area contributed by atoms with Gasteiger partial charge in [0.2, 0.25) is 0 Å². The molecule has 3 nitrogen and oxygen atoms in total. The van der Waals surface area contributed by atoms with Crippen molar-refractivity contribution in [2.24, 2.45) is 5.92 Å². The summed E-state index contributed by atoms with van der Waals surface area (Å²) in [5, 5.41) is 9.17. The predicted octanol–water partition coefficient (Wildman–Crippen LogP) is 2.35. The van der Waals surface area contributed by atoms with E-state index in [0.717, 1.165) is 37.9 Å². The summed E-state index contributed by atoms with van der Waals surface area (Å²) in [6.45, 7) is 4.19. The first kappa shape index (κ1) is 14.2. The summed E-state index contributed by atoms with van der Waals surface area (Å²) in [7, 11) is 0. The fourth-order valence-corrected chi connectivity index (χ4v) is 2.85. The lowest BCUT2D eigenvalue weighted by Crippen LogP contribution is -2.45. The maximum Gasteiger partial charge on any atom is 0.179 e. The van der Waals surface area contributed by atoms with Crippen molar-refractivity contribution in [3.8, 4) is 0 Å². The van der Waals surface area contributed by atoms with Gasteiger partial charge in [-0.2, -0.15) is 0 Å². The number of aliphatic hydroxyl groups is 1. The zero-order chi connectivity index (χ0) is 13.7. The SMILES string of the molecule is CCC(C(=O)c1ccccc1)N1CCC(CO)CC1. The van der Waals surface area contributed by atoms with Gasteiger partial charge in [0.15, 0.2) is 5.78 Å². The Balaban J connectivity index is 2.02. The standard InChI is InChI=1S/C16H23NO2/c1-2-15(16(19)14-6-4-3-5-7-14)17-10-8-13(12-18)9-11-17/h3-7,13,15,18H,2,8-12H2,1H3. The van der Waals surface area contributed by atoms with Crippen molar-refractivity contribution in [3.05, 3.63) is 35.9 Å². The Morgan fingerprint density at radius 3 is 2.47 bits per heavy atom. The first-order valence-corrected chi connectivity index (χ1v) is 7.20. The Morgan fingerprint density at radius 1 is 1.32 bits per heavy atom. The monoisotopic (exact) mass is 261 g/mol. The van der Waals surface area contributed by atoms with Gasteiger partial charge in [0, 0.05) is 12.2 Å². The summed E-state index contributed by atoms with van der Waals surface area (Å²) in [6, 6.07) is 9.54. The van der Waals surface area contributed by atoms with Gasteiger partial charge in [-0.25, -0.2) is 0 Å². The number of benzene rings is 1. The first-order chi connectivity index (χ1) is 9.26. The number of likely N-dealkylation sites (tertiary alicyclic amines) is 1. The van der Waals surface area contributed by atoms with E-state index in [0.29, 0.717) is 5.92 Å². The number of ketones is 1. The van der Waals surface area contributed by atoms with Crippen LogP contribution in [0.1, 0.15) is 36.5 Å². The Bertz CT molecular complexity index is 396. The van der Waals surface area contributed by atoms with Crippen LogP contribution in [0.4, 0.5) is 0 Å². The smallest absolute Gasteiger partial charge is 0.179 e. The van der Waals surface area contributed by atoms with Crippen LogP contribution < -0.4 is 0 Å². The quantitative estimate of drug-likeness (QED) is 0.827. The minimum Gasteiger partial charge on any atom is -0.396 e. The summed E-state index contributed by atoms with van der Waals surface area (Å²) in [5.41, 5.74) is 0.804. The Hall–Kier alpha value is -1.19. The van der Waals surface area contributed by atoms with Gasteiger partial charge in [0.25, 0.3) is 0 Å². The number of nitrogens with zero attached hydrogens (tertiary/aromatic N) is 1. The molecular formula is C16H23NO2. The Labute approximate surface area is 115 Å². The lowest BCUT2D eigenvalue weighted by molar-refractivity contribution is 0.0680. The van der Waals surface area contributed by atoms with Crippen LogP contribution >= 0.6 is 0 Å². The van der Waals surface area contributed by atoms with Gasteiger partial charge in [-0.3, -0.25) is 9.69 Å². The van der Waals surface area contributed by atoms with Crippen LogP contribution in [0.3, 0.4) is 0 Å². The lowest BCUT2D eigenvalue weighted by atomic mass is 9.93. The van der Waals surface area contributed by atoms with E-state index in [1.165, 1.54) is 0 Å². The molecule has 1 saturated heterocycles. The van der Waals surface area contributed by atoms with Gasteiger partial charge in [-0.05, 0) is 38.3 Å². The van der Waals surface area contributed by atoms with Crippen molar-refractivity contribution in [3.63, 3.8) is 0 Å². The zero-order valence-electron chi connectivity index (χ0n) is 11.6. The molecule has 0 aliphatic carbocycles. The Kier molecular flexibility index (Phi) is 5.11. The maximum atomic E-state index is 12.5. The van der Waals surface area contributed by atoms with Gasteiger partial charge in [0.1, 0.15) is 0 Å². The predicted molar refractivity (Wildman–Crippen MR) is 76.2 cm³/mol. The number of piperidine rings is 1. The molecule has 1 heterocycles. The molecule has 1 fully saturated rings. The molecule has 0 radical (unpaired) electrons. The van der Waals surface area contributed by atoms with Gasteiger partial charge < -0.3 is 5.11 Å². The average Bonchev–Trinajstić information content (AvgIpc) is 2.49. The molecule has 0 saturated carbocycles. The second kappa shape index (κ2) is 6.83. The molecule has 1 unspecified atom stereocenters. The highest BCUT2D eigenvalue weighted by Gasteiger charge is 2.28. The fourth-order valence-electron chi connectivity index (χ4n) is 2.85. The van der Waals surface area contributed by atoms with Crippen LogP contribution in [0.15, 0.2) is 30.3 Å². The van der Waals surface area contributed by atoms with Crippen molar-refractivity contribution in [1.29, 1.82) is 0 Å². The van der Waals surface area contributed by atoms with Crippen LogP contribution in [0.25, 0.3) is 0 Å². The highest BCUT2D eigenvalue weighted by Crippen LogP contribution is 2.21. The minimum absolute atomic E-state index is 0.0120. The molecule has 1 aromatic carbocycles. The van der Waals surface area contributed by atoms with E-state index in [2.05, 4.69) is 11.8 Å². The molecule has 1 aromatic rings. The molecule has 0 spiro atoms. The minimum atomic E-state index is -0.0120. The highest BCUT2D eigenvalue weighted by atomic mass is 16.3. The highest BCUT2D eigenvalue weighted by molar-refractivity contribution is 6.00. The maximum absolute atomic E-state index is 12.5. The number of hydrogen-bond donors (Lipinski definition) is 1. The summed E-state index contributed by atoms with van der Waals surface area (Å²) in [5.74, 6) is 0.645. The number of hydrogen-bond acceptors (Lipinski definition) is 3. The molecule has 19 heavy (non-hydrogen) atoms. The van der Waals surface area contributed by atoms with Gasteiger partial charge in [0.05, 0.1) is 6.04 Å². The fraction of sp³-hybridized carbons (Fsp3) is 0.562. The molecule has 104 valence electrons. The van der Waals surface area contributed by atoms with Crippen LogP contribution in [-0.4, -0.2) is 41.5 Å². The van der Waals surface area contributed by atoms with E-state index in [-0.39, 0.29) is 18.4 Å². The summed E-state index contributed by atoms with van der Waals surface area (Å²) in [4.78, 5) is 14.8. The average molecular weight is 261 g/mol. The lowest BCUT2D eigenvalue weighted by Gasteiger charge is -2.36. The molecule has 0 aromatic heterocycles. The molecular weight excluding hydrogens is 238 g/mol. The van der Waals surface area contributed by atoms with E-state index < -0.39 is 0 Å². The van der Waals surface area contributed by atoms with Crippen molar-refractivity contribution in [2.75, 3.05) is 19.7 Å². The topological polar surface area (TPSA) is 40.5 Å². The molecule has 3 heteroatoms. The number of carbonyl (C=O) groups is 1. The largest absolute Gasteiger partial charge is 0.396 e. The number of rotatable bonds is 5. The van der Waals surface area contributed by atoms with Crippen LogP contribution in [0.2, 0.25) is 0 Å². The van der Waals surface area contributed by atoms with Gasteiger partial charge >= 0.3 is 0 Å². The molecule has 1 aliphatic heterocycles. The van der Waals surface area contributed by atoms with Gasteiger partial charge in [-0.1, -0.05) is 37.3 Å². The summed E-state index contributed by atoms with van der Waals surface area (Å²) >= 11 is 0. The second-order valence-corrected chi connectivity index (χ2v) is 5.32. The molecule has 1 N–H and O–H groups in total. The van der Waals surface area contributed by atoms with E-state index >= 15 is 0 Å². The molecule has 1 aliphatic rings. The number of aliphatic hydroxyl groups excluding tert-OH is 1. The third-order valence-electron chi connectivity index (χ3n) is 4.10. The Morgan fingerprint density at radius 2 is 1.95 bits per heavy atom. The van der Waals surface area contributed by atoms with E-state index in [9.17, 15) is 9.90 Å². The van der Waals surface area contributed by atoms with E-state index in [1.807, 2.05) is 30.3 Å². The molecule has 0 bridgehead atoms. The van der Waals surface area contributed by atoms with Gasteiger partial charge in [-0.15, -0.1) is 0 Å². The first-order valence-electron chi connectivity index (χ1n) is 7.20. The van der Waals surface area contributed by atoms with Crippen molar-refractivity contribution < 1.29 is 9.90 Å². The molecule has 0 amide bonds. The number of Topliss-reactive ketones (excluding diaryl/α,β-unsaturated/α-hetero) is 1. The number of carbonyl (C=O) groups excluding carboxylic acids is 1. The zero-order valence-corrected chi connectivity index (χ0v) is 11.6. The normalized spacial score (nSPS) is 19.3. The summed E-state index contributed by atoms with van der Waals surface area (Å²) in [6.07, 6.45) is 2.83. The van der Waals surface area contributed by atoms with Crippen molar-refractivity contribution in [2.45, 2.75) is 32.2 Å². The third-order valence-corrected chi connectivity index (χ3v) is 4.10. The van der Waals surface area contributed by atoms with E-state index in [4.69, 9.17) is 0 Å². The third kappa shape index (κ3) is 3.43.